The van der Waals surface area contributed by atoms with Crippen molar-refractivity contribution in [2.24, 2.45) is 0 Å². The molecule has 5 rings (SSSR count). The molecule has 1 unspecified atom stereocenters. The summed E-state index contributed by atoms with van der Waals surface area (Å²) in [4.78, 5) is 31.6. The van der Waals surface area contributed by atoms with Crippen LogP contribution in [0.4, 0.5) is 5.13 Å². The molecule has 0 radical (unpaired) electrons. The van der Waals surface area contributed by atoms with Crippen molar-refractivity contribution in [3.05, 3.63) is 76.3 Å². The second-order valence-corrected chi connectivity index (χ2v) is 8.13. The van der Waals surface area contributed by atoms with Gasteiger partial charge in [0.05, 0.1) is 11.6 Å². The molecule has 3 heterocycles. The largest absolute Gasteiger partial charge is 0.507 e. The molecule has 31 heavy (non-hydrogen) atoms. The Bertz CT molecular complexity index is 1200. The van der Waals surface area contributed by atoms with Gasteiger partial charge in [0.1, 0.15) is 19.0 Å². The average Bonchev–Trinajstić information content (AvgIpc) is 3.40. The van der Waals surface area contributed by atoms with Gasteiger partial charge in [0, 0.05) is 17.1 Å². The van der Waals surface area contributed by atoms with Gasteiger partial charge in [-0.25, -0.2) is 4.98 Å². The molecule has 2 aliphatic heterocycles. The first-order valence-corrected chi connectivity index (χ1v) is 10.6. The lowest BCUT2D eigenvalue weighted by Gasteiger charge is -2.23. The number of aliphatic hydroxyl groups is 1. The number of amides is 1. The molecule has 156 valence electrons. The van der Waals surface area contributed by atoms with Crippen molar-refractivity contribution in [2.75, 3.05) is 18.1 Å². The van der Waals surface area contributed by atoms with Crippen molar-refractivity contribution >= 4 is 33.9 Å². The highest BCUT2D eigenvalue weighted by atomic mass is 32.1. The fourth-order valence-corrected chi connectivity index (χ4v) is 4.44. The third-order valence-electron chi connectivity index (χ3n) is 5.28. The van der Waals surface area contributed by atoms with Crippen molar-refractivity contribution in [1.82, 2.24) is 4.98 Å². The number of ether oxygens (including phenoxy) is 2. The van der Waals surface area contributed by atoms with Crippen molar-refractivity contribution in [3.63, 3.8) is 0 Å². The summed E-state index contributed by atoms with van der Waals surface area (Å²) in [6.45, 7) is 2.80. The monoisotopic (exact) mass is 434 g/mol. The van der Waals surface area contributed by atoms with E-state index in [0.29, 0.717) is 41.0 Å². The van der Waals surface area contributed by atoms with E-state index in [2.05, 4.69) is 4.98 Å². The smallest absolute Gasteiger partial charge is 0.301 e. The predicted octanol–water partition coefficient (Wildman–Crippen LogP) is 3.85. The molecule has 8 heteroatoms. The first-order chi connectivity index (χ1) is 15.0. The summed E-state index contributed by atoms with van der Waals surface area (Å²) in [5.41, 5.74) is 2.14. The lowest BCUT2D eigenvalue weighted by Crippen LogP contribution is -2.29. The van der Waals surface area contributed by atoms with Gasteiger partial charge < -0.3 is 14.6 Å². The molecule has 2 aliphatic rings. The van der Waals surface area contributed by atoms with Crippen LogP contribution < -0.4 is 14.4 Å². The van der Waals surface area contributed by atoms with Crippen LogP contribution in [-0.4, -0.2) is 35.0 Å². The number of aliphatic hydroxyl groups excluding tert-OH is 1. The van der Waals surface area contributed by atoms with Crippen LogP contribution in [0.25, 0.3) is 5.76 Å². The van der Waals surface area contributed by atoms with Crippen LogP contribution in [0, 0.1) is 6.92 Å². The van der Waals surface area contributed by atoms with Crippen LogP contribution in [0.15, 0.2) is 59.6 Å². The molecular formula is C23H18N2O5S. The molecule has 0 spiro atoms. The van der Waals surface area contributed by atoms with Gasteiger partial charge in [-0.15, -0.1) is 11.3 Å². The van der Waals surface area contributed by atoms with E-state index in [-0.39, 0.29) is 11.3 Å². The van der Waals surface area contributed by atoms with Gasteiger partial charge >= 0.3 is 5.91 Å². The number of thiazole rings is 1. The standard InChI is InChI=1S/C23H18N2O5S/c1-13-2-4-14(5-3-13)19-18(21(27)22(28)25(19)23-24-8-11-31-23)20(26)15-6-7-16-17(12-15)30-10-9-29-16/h2-8,11-12,19,26H,9-10H2,1H3/b20-18-. The predicted molar refractivity (Wildman–Crippen MR) is 116 cm³/mol. The maximum atomic E-state index is 13.1. The SMILES string of the molecule is Cc1ccc(C2/C(=C(/O)c3ccc4c(c3)OCCO4)C(=O)C(=O)N2c2nccs2)cc1. The summed E-state index contributed by atoms with van der Waals surface area (Å²) < 4.78 is 11.1. The molecule has 1 N–H and O–H groups in total. The highest BCUT2D eigenvalue weighted by Gasteiger charge is 2.48. The number of ketones is 1. The van der Waals surface area contributed by atoms with Crippen LogP contribution in [-0.2, 0) is 9.59 Å². The molecule has 2 aromatic carbocycles. The third kappa shape index (κ3) is 3.25. The number of nitrogens with zero attached hydrogens (tertiary/aromatic N) is 2. The van der Waals surface area contributed by atoms with E-state index in [1.54, 1.807) is 29.8 Å². The van der Waals surface area contributed by atoms with E-state index in [9.17, 15) is 14.7 Å². The maximum Gasteiger partial charge on any atom is 0.301 e. The highest BCUT2D eigenvalue weighted by molar-refractivity contribution is 7.14. The van der Waals surface area contributed by atoms with Gasteiger partial charge in [0.25, 0.3) is 5.78 Å². The summed E-state index contributed by atoms with van der Waals surface area (Å²) in [5.74, 6) is -0.690. The molecule has 1 atom stereocenters. The van der Waals surface area contributed by atoms with Gasteiger partial charge in [0.15, 0.2) is 16.6 Å². The molecule has 1 amide bonds. The number of hydrogen-bond donors (Lipinski definition) is 1. The Morgan fingerprint density at radius 2 is 1.84 bits per heavy atom. The number of hydrogen-bond acceptors (Lipinski definition) is 7. The van der Waals surface area contributed by atoms with Crippen molar-refractivity contribution in [3.8, 4) is 11.5 Å². The molecular weight excluding hydrogens is 416 g/mol. The summed E-state index contributed by atoms with van der Waals surface area (Å²) >= 11 is 1.26. The van der Waals surface area contributed by atoms with Gasteiger partial charge in [-0.3, -0.25) is 14.5 Å². The first kappa shape index (κ1) is 19.3. The summed E-state index contributed by atoms with van der Waals surface area (Å²) in [6.07, 6.45) is 1.58. The Hall–Kier alpha value is -3.65. The van der Waals surface area contributed by atoms with Crippen molar-refractivity contribution in [1.29, 1.82) is 0 Å². The number of aryl methyl sites for hydroxylation is 1. The fourth-order valence-electron chi connectivity index (χ4n) is 3.78. The summed E-state index contributed by atoms with van der Waals surface area (Å²) in [7, 11) is 0. The van der Waals surface area contributed by atoms with Crippen LogP contribution in [0.1, 0.15) is 22.7 Å². The number of carbonyl (C=O) groups is 2. The van der Waals surface area contributed by atoms with Crippen molar-refractivity contribution < 1.29 is 24.2 Å². The molecule has 7 nitrogen and oxygen atoms in total. The second kappa shape index (κ2) is 7.55. The molecule has 1 aromatic heterocycles. The van der Waals surface area contributed by atoms with Gasteiger partial charge in [-0.1, -0.05) is 29.8 Å². The highest BCUT2D eigenvalue weighted by Crippen LogP contribution is 2.43. The quantitative estimate of drug-likeness (QED) is 0.383. The second-order valence-electron chi connectivity index (χ2n) is 7.25. The molecule has 0 saturated carbocycles. The zero-order valence-electron chi connectivity index (χ0n) is 16.6. The number of anilines is 1. The van der Waals surface area contributed by atoms with Crippen molar-refractivity contribution in [2.45, 2.75) is 13.0 Å². The topological polar surface area (TPSA) is 89.0 Å². The van der Waals surface area contributed by atoms with Gasteiger partial charge in [-0.2, -0.15) is 0 Å². The molecule has 0 aliphatic carbocycles. The number of fused-ring (bicyclic) bond motifs is 1. The molecule has 1 fully saturated rings. The van der Waals surface area contributed by atoms with Crippen LogP contribution in [0.2, 0.25) is 0 Å². The minimum atomic E-state index is -0.792. The van der Waals surface area contributed by atoms with Crippen LogP contribution >= 0.6 is 11.3 Å². The minimum absolute atomic E-state index is 0.0146. The minimum Gasteiger partial charge on any atom is -0.507 e. The number of benzene rings is 2. The van der Waals surface area contributed by atoms with E-state index >= 15 is 0 Å². The molecule has 1 saturated heterocycles. The van der Waals surface area contributed by atoms with E-state index in [0.717, 1.165) is 5.56 Å². The van der Waals surface area contributed by atoms with Crippen LogP contribution in [0.5, 0.6) is 11.5 Å². The third-order valence-corrected chi connectivity index (χ3v) is 6.05. The Labute approximate surface area is 182 Å². The zero-order chi connectivity index (χ0) is 21.5. The lowest BCUT2D eigenvalue weighted by atomic mass is 9.94. The lowest BCUT2D eigenvalue weighted by molar-refractivity contribution is -0.132. The fraction of sp³-hybridized carbons (Fsp3) is 0.174. The van der Waals surface area contributed by atoms with Gasteiger partial charge in [-0.05, 0) is 30.7 Å². The Balaban J connectivity index is 1.68. The van der Waals surface area contributed by atoms with E-state index < -0.39 is 17.7 Å². The number of rotatable bonds is 3. The summed E-state index contributed by atoms with van der Waals surface area (Å²) in [5, 5.41) is 13.3. The number of Topliss-reactive ketones (excluding diaryl/α,β-unsaturated/α-hetero) is 1. The number of carbonyl (C=O) groups excluding carboxylic acids is 2. The Morgan fingerprint density at radius 1 is 1.10 bits per heavy atom. The average molecular weight is 434 g/mol. The molecule has 0 bridgehead atoms. The first-order valence-electron chi connectivity index (χ1n) is 9.71. The maximum absolute atomic E-state index is 13.1. The molecule has 3 aromatic rings. The Kier molecular flexibility index (Phi) is 4.71. The van der Waals surface area contributed by atoms with E-state index in [4.69, 9.17) is 9.47 Å². The van der Waals surface area contributed by atoms with E-state index in [1.807, 2.05) is 31.2 Å². The van der Waals surface area contributed by atoms with Gasteiger partial charge in [0.2, 0.25) is 0 Å². The normalized spacial score (nSPS) is 19.6. The zero-order valence-corrected chi connectivity index (χ0v) is 17.4. The van der Waals surface area contributed by atoms with Crippen LogP contribution in [0.3, 0.4) is 0 Å². The van der Waals surface area contributed by atoms with E-state index in [1.165, 1.54) is 16.2 Å². The Morgan fingerprint density at radius 3 is 2.55 bits per heavy atom. The summed E-state index contributed by atoms with van der Waals surface area (Å²) in [6, 6.07) is 11.7. The number of aromatic nitrogens is 1.